The Hall–Kier alpha value is -0.950. The van der Waals surface area contributed by atoms with Gasteiger partial charge in [0.1, 0.15) is 0 Å². The summed E-state index contributed by atoms with van der Waals surface area (Å²) in [4.78, 5) is 0.328. The average Bonchev–Trinajstić information content (AvgIpc) is 2.53. The minimum Gasteiger partial charge on any atom is -0.381 e. The highest BCUT2D eigenvalue weighted by Crippen LogP contribution is 2.15. The molecule has 0 spiro atoms. The van der Waals surface area contributed by atoms with E-state index in [0.717, 1.165) is 31.6 Å². The Morgan fingerprint density at radius 3 is 2.48 bits per heavy atom. The molecule has 0 unspecified atom stereocenters. The van der Waals surface area contributed by atoms with Gasteiger partial charge in [0.05, 0.1) is 17.3 Å². The van der Waals surface area contributed by atoms with Crippen molar-refractivity contribution in [1.82, 2.24) is 0 Å². The summed E-state index contributed by atoms with van der Waals surface area (Å²) in [6, 6.07) is 6.71. The second-order valence-corrected chi connectivity index (χ2v) is 7.41. The molecular weight excluding hydrogens is 290 g/mol. The van der Waals surface area contributed by atoms with E-state index < -0.39 is 9.84 Å². The predicted molar refractivity (Wildman–Crippen MR) is 80.7 cm³/mol. The van der Waals surface area contributed by atoms with Crippen LogP contribution in [-0.4, -0.2) is 40.6 Å². The van der Waals surface area contributed by atoms with E-state index in [9.17, 15) is 8.42 Å². The zero-order valence-corrected chi connectivity index (χ0v) is 13.0. The quantitative estimate of drug-likeness (QED) is 0.769. The third-order valence-corrected chi connectivity index (χ3v) is 5.40. The summed E-state index contributed by atoms with van der Waals surface area (Å²) in [6.45, 7) is 2.82. The van der Waals surface area contributed by atoms with Gasteiger partial charge >= 0.3 is 0 Å². The maximum atomic E-state index is 12.2. The molecule has 1 heterocycles. The number of ether oxygens (including phenoxy) is 2. The zero-order chi connectivity index (χ0) is 15.1. The van der Waals surface area contributed by atoms with E-state index in [0.29, 0.717) is 24.0 Å². The van der Waals surface area contributed by atoms with Crippen molar-refractivity contribution in [3.8, 4) is 0 Å². The molecule has 0 amide bonds. The van der Waals surface area contributed by atoms with Gasteiger partial charge in [-0.05, 0) is 36.5 Å². The molecule has 2 N–H and O–H groups in total. The molecule has 1 saturated heterocycles. The van der Waals surface area contributed by atoms with Gasteiger partial charge in [-0.1, -0.05) is 12.1 Å². The van der Waals surface area contributed by atoms with Crippen molar-refractivity contribution in [3.63, 3.8) is 0 Å². The van der Waals surface area contributed by atoms with Gasteiger partial charge in [0, 0.05) is 26.4 Å². The predicted octanol–water partition coefficient (Wildman–Crippen LogP) is 1.36. The monoisotopic (exact) mass is 313 g/mol. The Morgan fingerprint density at radius 2 is 1.86 bits per heavy atom. The first kappa shape index (κ1) is 16.4. The molecule has 0 aromatic heterocycles. The van der Waals surface area contributed by atoms with Gasteiger partial charge in [-0.3, -0.25) is 0 Å². The van der Waals surface area contributed by atoms with Crippen LogP contribution in [0.25, 0.3) is 0 Å². The van der Waals surface area contributed by atoms with Crippen LogP contribution in [0.5, 0.6) is 0 Å². The van der Waals surface area contributed by atoms with Crippen LogP contribution in [0.3, 0.4) is 0 Å². The summed E-state index contributed by atoms with van der Waals surface area (Å²) in [5.74, 6) is 0.503. The number of nitrogens with two attached hydrogens (primary N) is 1. The largest absolute Gasteiger partial charge is 0.381 e. The van der Waals surface area contributed by atoms with E-state index in [2.05, 4.69) is 0 Å². The molecular formula is C15H23NO4S. The van der Waals surface area contributed by atoms with E-state index in [1.165, 1.54) is 0 Å². The van der Waals surface area contributed by atoms with E-state index in [-0.39, 0.29) is 12.4 Å². The van der Waals surface area contributed by atoms with Crippen molar-refractivity contribution in [2.45, 2.75) is 24.3 Å². The summed E-state index contributed by atoms with van der Waals surface area (Å²) in [5.41, 5.74) is 6.42. The number of benzene rings is 1. The second-order valence-electron chi connectivity index (χ2n) is 5.30. The molecule has 0 saturated carbocycles. The second kappa shape index (κ2) is 7.89. The molecule has 1 fully saturated rings. The van der Waals surface area contributed by atoms with Crippen molar-refractivity contribution in [3.05, 3.63) is 29.8 Å². The number of hydrogen-bond acceptors (Lipinski definition) is 5. The first-order valence-corrected chi connectivity index (χ1v) is 8.94. The lowest BCUT2D eigenvalue weighted by Crippen LogP contribution is -2.22. The summed E-state index contributed by atoms with van der Waals surface area (Å²) in [7, 11) is -3.28. The number of rotatable bonds is 7. The van der Waals surface area contributed by atoms with Gasteiger partial charge in [0.15, 0.2) is 9.84 Å². The minimum atomic E-state index is -3.28. The molecule has 0 radical (unpaired) electrons. The molecule has 1 aliphatic heterocycles. The van der Waals surface area contributed by atoms with Crippen LogP contribution in [-0.2, 0) is 25.9 Å². The van der Waals surface area contributed by atoms with Crippen LogP contribution in [0.1, 0.15) is 18.4 Å². The topological polar surface area (TPSA) is 78.6 Å². The van der Waals surface area contributed by atoms with E-state index in [4.69, 9.17) is 15.2 Å². The minimum absolute atomic E-state index is 0.0121. The number of hydrogen-bond donors (Lipinski definition) is 1. The average molecular weight is 313 g/mol. The Morgan fingerprint density at radius 1 is 1.19 bits per heavy atom. The van der Waals surface area contributed by atoms with Crippen LogP contribution in [0, 0.1) is 5.92 Å². The highest BCUT2D eigenvalue weighted by atomic mass is 32.2. The lowest BCUT2D eigenvalue weighted by molar-refractivity contribution is 0.0242. The van der Waals surface area contributed by atoms with Gasteiger partial charge < -0.3 is 15.2 Å². The molecule has 1 aliphatic rings. The van der Waals surface area contributed by atoms with Gasteiger partial charge in [-0.15, -0.1) is 0 Å². The maximum absolute atomic E-state index is 12.2. The molecule has 0 bridgehead atoms. The Labute approximate surface area is 126 Å². The van der Waals surface area contributed by atoms with Crippen LogP contribution in [0.2, 0.25) is 0 Å². The maximum Gasteiger partial charge on any atom is 0.180 e. The van der Waals surface area contributed by atoms with E-state index in [1.807, 2.05) is 0 Å². The van der Waals surface area contributed by atoms with Crippen LogP contribution in [0.15, 0.2) is 29.2 Å². The van der Waals surface area contributed by atoms with E-state index >= 15 is 0 Å². The fourth-order valence-electron chi connectivity index (χ4n) is 2.28. The fourth-order valence-corrected chi connectivity index (χ4v) is 3.41. The van der Waals surface area contributed by atoms with Crippen molar-refractivity contribution in [1.29, 1.82) is 0 Å². The molecule has 1 aromatic rings. The highest BCUT2D eigenvalue weighted by Gasteiger charge is 2.16. The van der Waals surface area contributed by atoms with Crippen molar-refractivity contribution in [2.24, 2.45) is 11.7 Å². The molecule has 118 valence electrons. The third kappa shape index (κ3) is 5.07. The Kier molecular flexibility index (Phi) is 6.17. The molecule has 1 aromatic carbocycles. The van der Waals surface area contributed by atoms with Crippen LogP contribution < -0.4 is 5.73 Å². The zero-order valence-electron chi connectivity index (χ0n) is 12.2. The number of sulfone groups is 1. The van der Waals surface area contributed by atoms with Crippen LogP contribution in [0.4, 0.5) is 0 Å². The SMILES string of the molecule is NCc1ccc(S(=O)(=O)CCOCC2CCOCC2)cc1. The van der Waals surface area contributed by atoms with Gasteiger partial charge in [0.2, 0.25) is 0 Å². The highest BCUT2D eigenvalue weighted by molar-refractivity contribution is 7.91. The first-order chi connectivity index (χ1) is 10.1. The smallest absolute Gasteiger partial charge is 0.180 e. The van der Waals surface area contributed by atoms with Crippen LogP contribution >= 0.6 is 0 Å². The van der Waals surface area contributed by atoms with Crippen molar-refractivity contribution < 1.29 is 17.9 Å². The summed E-state index contributed by atoms with van der Waals surface area (Å²) < 4.78 is 35.1. The normalized spacial score (nSPS) is 17.0. The van der Waals surface area contributed by atoms with Gasteiger partial charge in [-0.2, -0.15) is 0 Å². The lowest BCUT2D eigenvalue weighted by Gasteiger charge is -2.21. The molecule has 5 nitrogen and oxygen atoms in total. The standard InChI is InChI=1S/C15H23NO4S/c16-11-13-1-3-15(4-2-13)21(17,18)10-9-20-12-14-5-7-19-8-6-14/h1-4,14H,5-12,16H2. The Balaban J connectivity index is 1.77. The Bertz CT molecular complexity index is 521. The fraction of sp³-hybridized carbons (Fsp3) is 0.600. The lowest BCUT2D eigenvalue weighted by atomic mass is 10.0. The molecule has 0 atom stereocenters. The van der Waals surface area contributed by atoms with Crippen molar-refractivity contribution >= 4 is 9.84 Å². The summed E-state index contributed by atoms with van der Waals surface area (Å²) >= 11 is 0. The summed E-state index contributed by atoms with van der Waals surface area (Å²) in [5, 5.41) is 0. The van der Waals surface area contributed by atoms with Crippen molar-refractivity contribution in [2.75, 3.05) is 32.2 Å². The first-order valence-electron chi connectivity index (χ1n) is 7.29. The third-order valence-electron chi connectivity index (χ3n) is 3.71. The van der Waals surface area contributed by atoms with Gasteiger partial charge in [-0.25, -0.2) is 8.42 Å². The summed E-state index contributed by atoms with van der Waals surface area (Å²) in [6.07, 6.45) is 1.99. The molecule has 2 rings (SSSR count). The molecule has 0 aliphatic carbocycles. The van der Waals surface area contributed by atoms with Gasteiger partial charge in [0.25, 0.3) is 0 Å². The molecule has 21 heavy (non-hydrogen) atoms. The molecule has 6 heteroatoms. The van der Waals surface area contributed by atoms with E-state index in [1.54, 1.807) is 24.3 Å².